The summed E-state index contributed by atoms with van der Waals surface area (Å²) in [5, 5.41) is 0.598. The van der Waals surface area contributed by atoms with Crippen LogP contribution in [-0.2, 0) is 9.53 Å². The number of likely N-dealkylation sites (N-methyl/N-ethyl adjacent to an activating group) is 1. The molecule has 1 atom stereocenters. The average molecular weight is 309 g/mol. The standard InChI is InChI=1S/C15H17ClN2O3/c1-9-12(14(19)21-4)13(18(3)15(20)17(9)2)10-5-7-11(16)8-6-10/h5-8,13H,1-4H3. The van der Waals surface area contributed by atoms with Gasteiger partial charge in [-0.3, -0.25) is 0 Å². The molecule has 0 spiro atoms. The fourth-order valence-electron chi connectivity index (χ4n) is 2.47. The summed E-state index contributed by atoms with van der Waals surface area (Å²) in [6, 6.07) is 6.41. The van der Waals surface area contributed by atoms with Crippen LogP contribution >= 0.6 is 11.6 Å². The lowest BCUT2D eigenvalue weighted by Crippen LogP contribution is -2.47. The number of allylic oxidation sites excluding steroid dienone is 1. The Morgan fingerprint density at radius 2 is 1.81 bits per heavy atom. The zero-order chi connectivity index (χ0) is 15.7. The van der Waals surface area contributed by atoms with Gasteiger partial charge in [-0.25, -0.2) is 9.59 Å². The van der Waals surface area contributed by atoms with Crippen molar-refractivity contribution in [2.75, 3.05) is 21.2 Å². The molecule has 1 aromatic rings. The highest BCUT2D eigenvalue weighted by atomic mass is 35.5. The van der Waals surface area contributed by atoms with Crippen LogP contribution in [0, 0.1) is 0 Å². The van der Waals surface area contributed by atoms with E-state index in [4.69, 9.17) is 16.3 Å². The number of ether oxygens (including phenoxy) is 1. The van der Waals surface area contributed by atoms with Gasteiger partial charge < -0.3 is 14.5 Å². The van der Waals surface area contributed by atoms with E-state index in [1.807, 2.05) is 0 Å². The Morgan fingerprint density at radius 1 is 1.24 bits per heavy atom. The fourth-order valence-corrected chi connectivity index (χ4v) is 2.59. The third kappa shape index (κ3) is 2.61. The van der Waals surface area contributed by atoms with Gasteiger partial charge in [0, 0.05) is 24.8 Å². The van der Waals surface area contributed by atoms with E-state index < -0.39 is 12.0 Å². The third-order valence-corrected chi connectivity index (χ3v) is 3.99. The van der Waals surface area contributed by atoms with Gasteiger partial charge in [0.2, 0.25) is 0 Å². The summed E-state index contributed by atoms with van der Waals surface area (Å²) >= 11 is 5.90. The van der Waals surface area contributed by atoms with Crippen molar-refractivity contribution in [3.63, 3.8) is 0 Å². The van der Waals surface area contributed by atoms with Crippen LogP contribution < -0.4 is 0 Å². The number of hydrogen-bond acceptors (Lipinski definition) is 3. The highest BCUT2D eigenvalue weighted by Gasteiger charge is 2.38. The lowest BCUT2D eigenvalue weighted by Gasteiger charge is -2.39. The first kappa shape index (κ1) is 15.4. The second-order valence-electron chi connectivity index (χ2n) is 4.90. The lowest BCUT2D eigenvalue weighted by atomic mass is 9.94. The molecular weight excluding hydrogens is 292 g/mol. The van der Waals surface area contributed by atoms with Crippen LogP contribution in [0.5, 0.6) is 0 Å². The van der Waals surface area contributed by atoms with Crippen molar-refractivity contribution >= 4 is 23.6 Å². The number of carbonyl (C=O) groups is 2. The van der Waals surface area contributed by atoms with E-state index in [2.05, 4.69) is 0 Å². The van der Waals surface area contributed by atoms with E-state index in [0.29, 0.717) is 16.3 Å². The summed E-state index contributed by atoms with van der Waals surface area (Å²) in [7, 11) is 4.63. The highest BCUT2D eigenvalue weighted by Crippen LogP contribution is 2.36. The number of benzene rings is 1. The van der Waals surface area contributed by atoms with Crippen molar-refractivity contribution in [3.05, 3.63) is 46.1 Å². The molecule has 0 aromatic heterocycles. The highest BCUT2D eigenvalue weighted by molar-refractivity contribution is 6.30. The van der Waals surface area contributed by atoms with Crippen molar-refractivity contribution in [2.24, 2.45) is 0 Å². The number of rotatable bonds is 2. The van der Waals surface area contributed by atoms with Gasteiger partial charge in [0.15, 0.2) is 0 Å². The molecule has 1 aromatic carbocycles. The van der Waals surface area contributed by atoms with Gasteiger partial charge in [0.1, 0.15) is 0 Å². The Kier molecular flexibility index (Phi) is 4.23. The van der Waals surface area contributed by atoms with E-state index >= 15 is 0 Å². The Hall–Kier alpha value is -2.01. The number of halogens is 1. The molecule has 1 heterocycles. The molecule has 0 saturated carbocycles. The minimum absolute atomic E-state index is 0.180. The summed E-state index contributed by atoms with van der Waals surface area (Å²) in [6.45, 7) is 1.74. The van der Waals surface area contributed by atoms with Crippen LogP contribution in [0.25, 0.3) is 0 Å². The Labute approximate surface area is 128 Å². The van der Waals surface area contributed by atoms with Crippen molar-refractivity contribution in [2.45, 2.75) is 13.0 Å². The van der Waals surface area contributed by atoms with E-state index in [0.717, 1.165) is 5.56 Å². The number of urea groups is 1. The molecule has 1 aliphatic rings. The minimum Gasteiger partial charge on any atom is -0.466 e. The van der Waals surface area contributed by atoms with Crippen molar-refractivity contribution in [1.82, 2.24) is 9.80 Å². The number of esters is 1. The molecule has 21 heavy (non-hydrogen) atoms. The number of methoxy groups -OCH3 is 1. The van der Waals surface area contributed by atoms with Gasteiger partial charge in [0.05, 0.1) is 18.7 Å². The monoisotopic (exact) mass is 308 g/mol. The largest absolute Gasteiger partial charge is 0.466 e. The third-order valence-electron chi connectivity index (χ3n) is 3.73. The zero-order valence-corrected chi connectivity index (χ0v) is 13.1. The van der Waals surface area contributed by atoms with Crippen molar-refractivity contribution in [1.29, 1.82) is 0 Å². The number of carbonyl (C=O) groups excluding carboxylic acids is 2. The molecule has 5 nitrogen and oxygen atoms in total. The Balaban J connectivity index is 2.60. The lowest BCUT2D eigenvalue weighted by molar-refractivity contribution is -0.137. The van der Waals surface area contributed by atoms with E-state index in [1.165, 1.54) is 16.9 Å². The quantitative estimate of drug-likeness (QED) is 0.789. The maximum Gasteiger partial charge on any atom is 0.337 e. The molecule has 6 heteroatoms. The molecule has 1 unspecified atom stereocenters. The summed E-state index contributed by atoms with van der Waals surface area (Å²) in [6.07, 6.45) is 0. The second kappa shape index (κ2) is 5.77. The predicted octanol–water partition coefficient (Wildman–Crippen LogP) is 2.83. The number of amides is 2. The molecule has 2 rings (SSSR count). The van der Waals surface area contributed by atoms with Gasteiger partial charge >= 0.3 is 12.0 Å². The Bertz CT molecular complexity index is 610. The molecule has 0 bridgehead atoms. The second-order valence-corrected chi connectivity index (χ2v) is 5.33. The maximum atomic E-state index is 12.3. The summed E-state index contributed by atoms with van der Waals surface area (Å²) in [5.74, 6) is -0.446. The van der Waals surface area contributed by atoms with Gasteiger partial charge in [-0.1, -0.05) is 23.7 Å². The first-order valence-electron chi connectivity index (χ1n) is 6.43. The Morgan fingerprint density at radius 3 is 2.33 bits per heavy atom. The molecular formula is C15H17ClN2O3. The molecule has 0 fully saturated rings. The SMILES string of the molecule is COC(=O)C1=C(C)N(C)C(=O)N(C)C1c1ccc(Cl)cc1. The fraction of sp³-hybridized carbons (Fsp3) is 0.333. The van der Waals surface area contributed by atoms with Crippen LogP contribution in [-0.4, -0.2) is 43.0 Å². The summed E-state index contributed by atoms with van der Waals surface area (Å²) in [5.41, 5.74) is 1.84. The van der Waals surface area contributed by atoms with Crippen molar-refractivity contribution < 1.29 is 14.3 Å². The van der Waals surface area contributed by atoms with E-state index in [9.17, 15) is 9.59 Å². The van der Waals surface area contributed by atoms with Gasteiger partial charge in [-0.05, 0) is 24.6 Å². The van der Waals surface area contributed by atoms with Crippen LogP contribution in [0.4, 0.5) is 4.79 Å². The predicted molar refractivity (Wildman–Crippen MR) is 79.8 cm³/mol. The molecule has 112 valence electrons. The van der Waals surface area contributed by atoms with Crippen LogP contribution in [0.3, 0.4) is 0 Å². The van der Waals surface area contributed by atoms with E-state index in [-0.39, 0.29) is 6.03 Å². The number of hydrogen-bond donors (Lipinski definition) is 0. The molecule has 0 radical (unpaired) electrons. The van der Waals surface area contributed by atoms with Crippen LogP contribution in [0.1, 0.15) is 18.5 Å². The van der Waals surface area contributed by atoms with Crippen molar-refractivity contribution in [3.8, 4) is 0 Å². The first-order valence-corrected chi connectivity index (χ1v) is 6.81. The van der Waals surface area contributed by atoms with Gasteiger partial charge in [-0.2, -0.15) is 0 Å². The summed E-state index contributed by atoms with van der Waals surface area (Å²) in [4.78, 5) is 27.4. The van der Waals surface area contributed by atoms with Crippen LogP contribution in [0.2, 0.25) is 5.02 Å². The normalized spacial score (nSPS) is 19.1. The number of nitrogens with zero attached hydrogens (tertiary/aromatic N) is 2. The minimum atomic E-state index is -0.488. The van der Waals surface area contributed by atoms with E-state index in [1.54, 1.807) is 45.3 Å². The summed E-state index contributed by atoms with van der Waals surface area (Å²) < 4.78 is 4.88. The maximum absolute atomic E-state index is 12.3. The van der Waals surface area contributed by atoms with Gasteiger partial charge in [0.25, 0.3) is 0 Å². The molecule has 2 amide bonds. The first-order chi connectivity index (χ1) is 9.88. The topological polar surface area (TPSA) is 49.9 Å². The molecule has 0 saturated heterocycles. The smallest absolute Gasteiger partial charge is 0.337 e. The van der Waals surface area contributed by atoms with Gasteiger partial charge in [-0.15, -0.1) is 0 Å². The average Bonchev–Trinajstić information content (AvgIpc) is 2.49. The molecule has 0 aliphatic carbocycles. The molecule has 1 aliphatic heterocycles. The van der Waals surface area contributed by atoms with Crippen LogP contribution in [0.15, 0.2) is 35.5 Å². The molecule has 0 N–H and O–H groups in total. The zero-order valence-electron chi connectivity index (χ0n) is 12.4.